The normalized spacial score (nSPS) is 12.3. The molecule has 0 N–H and O–H groups in total. The highest BCUT2D eigenvalue weighted by atomic mass is 32.2. The van der Waals surface area contributed by atoms with E-state index >= 15 is 0 Å². The van der Waals surface area contributed by atoms with Crippen molar-refractivity contribution in [1.29, 1.82) is 0 Å². The number of halogens is 6. The van der Waals surface area contributed by atoms with Gasteiger partial charge in [-0.15, -0.1) is 16.4 Å². The third kappa shape index (κ3) is 4.71. The van der Waals surface area contributed by atoms with Crippen molar-refractivity contribution in [1.82, 2.24) is 25.2 Å². The van der Waals surface area contributed by atoms with E-state index in [4.69, 9.17) is 0 Å². The first-order valence-electron chi connectivity index (χ1n) is 8.38. The van der Waals surface area contributed by atoms with Gasteiger partial charge in [-0.25, -0.2) is 4.98 Å². The molecule has 0 amide bonds. The fourth-order valence-electron chi connectivity index (χ4n) is 2.59. The van der Waals surface area contributed by atoms with E-state index in [0.717, 1.165) is 23.1 Å². The molecule has 0 radical (unpaired) electrons. The van der Waals surface area contributed by atoms with Crippen LogP contribution >= 0.6 is 23.1 Å². The molecule has 0 unspecified atom stereocenters. The van der Waals surface area contributed by atoms with E-state index in [1.54, 1.807) is 24.3 Å². The smallest absolute Gasteiger partial charge is 0.229 e. The molecule has 2 aromatic carbocycles. The average molecular weight is 473 g/mol. The van der Waals surface area contributed by atoms with E-state index < -0.39 is 23.5 Å². The second-order valence-corrected chi connectivity index (χ2v) is 8.18. The van der Waals surface area contributed by atoms with Gasteiger partial charge >= 0.3 is 12.4 Å². The Kier molecular flexibility index (Phi) is 5.47. The number of hydrogen-bond donors (Lipinski definition) is 0. The van der Waals surface area contributed by atoms with Crippen molar-refractivity contribution in [3.8, 4) is 16.9 Å². The largest absolute Gasteiger partial charge is 0.416 e. The molecule has 0 spiro atoms. The highest BCUT2D eigenvalue weighted by Crippen LogP contribution is 2.40. The number of hydrogen-bond acceptors (Lipinski definition) is 6. The molecule has 5 nitrogen and oxygen atoms in total. The maximum Gasteiger partial charge on any atom is 0.416 e. The fraction of sp³-hybridized carbons (Fsp3) is 0.111. The second-order valence-electron chi connectivity index (χ2n) is 6.10. The summed E-state index contributed by atoms with van der Waals surface area (Å²) in [4.78, 5) is 4.17. The molecule has 0 fully saturated rings. The van der Waals surface area contributed by atoms with Gasteiger partial charge in [0.1, 0.15) is 0 Å². The minimum Gasteiger partial charge on any atom is -0.229 e. The molecular formula is C18H9F6N5S2. The van der Waals surface area contributed by atoms with Crippen LogP contribution in [0.2, 0.25) is 0 Å². The first-order valence-corrected chi connectivity index (χ1v) is 10.1. The Morgan fingerprint density at radius 3 is 2.13 bits per heavy atom. The van der Waals surface area contributed by atoms with Crippen LogP contribution in [0.1, 0.15) is 11.1 Å². The van der Waals surface area contributed by atoms with Gasteiger partial charge in [-0.3, -0.25) is 0 Å². The summed E-state index contributed by atoms with van der Waals surface area (Å²) in [5.74, 6) is 0. The first-order chi connectivity index (χ1) is 14.6. The Bertz CT molecular complexity index is 1170. The van der Waals surface area contributed by atoms with Gasteiger partial charge in [0, 0.05) is 10.9 Å². The van der Waals surface area contributed by atoms with Crippen LogP contribution in [0.15, 0.2) is 63.4 Å². The Labute approximate surface area is 178 Å². The van der Waals surface area contributed by atoms with Crippen LogP contribution < -0.4 is 0 Å². The zero-order valence-electron chi connectivity index (χ0n) is 15.0. The van der Waals surface area contributed by atoms with Crippen LogP contribution in [0, 0.1) is 0 Å². The Morgan fingerprint density at radius 2 is 1.52 bits per heavy atom. The standard InChI is InChI=1S/C18H9F6N5S2/c19-17(20,21)11-6-10(7-12(8-11)18(22,23)24)14-9-30-16(25-14)31-15-26-27-28-29(15)13-4-2-1-3-5-13/h1-9H. The summed E-state index contributed by atoms with van der Waals surface area (Å²) in [6.45, 7) is 0. The lowest BCUT2D eigenvalue weighted by Crippen LogP contribution is -2.11. The molecule has 0 aliphatic heterocycles. The maximum atomic E-state index is 13.1. The summed E-state index contributed by atoms with van der Waals surface area (Å²) in [6, 6.07) is 10.3. The quantitative estimate of drug-likeness (QED) is 0.342. The van der Waals surface area contributed by atoms with Crippen molar-refractivity contribution in [3.63, 3.8) is 0 Å². The summed E-state index contributed by atoms with van der Waals surface area (Å²) in [6.07, 6.45) is -9.86. The molecule has 160 valence electrons. The summed E-state index contributed by atoms with van der Waals surface area (Å²) in [5, 5.41) is 13.1. The van der Waals surface area contributed by atoms with Crippen LogP contribution in [0.5, 0.6) is 0 Å². The van der Waals surface area contributed by atoms with Crippen molar-refractivity contribution in [2.24, 2.45) is 0 Å². The average Bonchev–Trinajstić information content (AvgIpc) is 3.37. The van der Waals surface area contributed by atoms with Gasteiger partial charge in [0.05, 0.1) is 22.5 Å². The maximum absolute atomic E-state index is 13.1. The van der Waals surface area contributed by atoms with E-state index in [1.807, 2.05) is 6.07 Å². The Hall–Kier alpha value is -2.93. The van der Waals surface area contributed by atoms with Crippen LogP contribution in [0.4, 0.5) is 26.3 Å². The van der Waals surface area contributed by atoms with Gasteiger partial charge in [0.25, 0.3) is 0 Å². The third-order valence-electron chi connectivity index (χ3n) is 3.99. The second kappa shape index (κ2) is 7.96. The highest BCUT2D eigenvalue weighted by molar-refractivity contribution is 8.00. The third-order valence-corrected chi connectivity index (χ3v) is 5.86. The van der Waals surface area contributed by atoms with Gasteiger partial charge in [0.2, 0.25) is 5.16 Å². The van der Waals surface area contributed by atoms with Crippen LogP contribution in [0.3, 0.4) is 0 Å². The highest BCUT2D eigenvalue weighted by Gasteiger charge is 2.37. The van der Waals surface area contributed by atoms with E-state index in [2.05, 4.69) is 20.5 Å². The molecule has 0 bridgehead atoms. The predicted molar refractivity (Wildman–Crippen MR) is 101 cm³/mol. The van der Waals surface area contributed by atoms with E-state index in [9.17, 15) is 26.3 Å². The van der Waals surface area contributed by atoms with Crippen LogP contribution in [-0.4, -0.2) is 25.2 Å². The van der Waals surface area contributed by atoms with Crippen LogP contribution in [0.25, 0.3) is 16.9 Å². The van der Waals surface area contributed by atoms with Gasteiger partial charge < -0.3 is 0 Å². The van der Waals surface area contributed by atoms with Gasteiger partial charge in [-0.1, -0.05) is 18.2 Å². The summed E-state index contributed by atoms with van der Waals surface area (Å²) < 4.78 is 80.4. The Balaban J connectivity index is 1.67. The lowest BCUT2D eigenvalue weighted by atomic mass is 10.0. The van der Waals surface area contributed by atoms with Crippen molar-refractivity contribution in [2.75, 3.05) is 0 Å². The van der Waals surface area contributed by atoms with E-state index in [0.29, 0.717) is 27.3 Å². The SMILES string of the molecule is FC(F)(F)c1cc(-c2csc(Sc3nnnn3-c3ccccc3)n2)cc(C(F)(F)F)c1. The first kappa shape index (κ1) is 21.3. The molecule has 2 heterocycles. The minimum atomic E-state index is -4.93. The van der Waals surface area contributed by atoms with Gasteiger partial charge in [-0.05, 0) is 52.5 Å². The molecule has 31 heavy (non-hydrogen) atoms. The summed E-state index contributed by atoms with van der Waals surface area (Å²) >= 11 is 2.09. The number of benzene rings is 2. The van der Waals surface area contributed by atoms with E-state index in [-0.39, 0.29) is 17.3 Å². The zero-order chi connectivity index (χ0) is 22.2. The zero-order valence-corrected chi connectivity index (χ0v) is 16.6. The number of aromatic nitrogens is 5. The predicted octanol–water partition coefficient (Wildman–Crippen LogP) is 5.97. The lowest BCUT2D eigenvalue weighted by Gasteiger charge is -2.13. The van der Waals surface area contributed by atoms with Crippen molar-refractivity contribution in [2.45, 2.75) is 21.8 Å². The summed E-state index contributed by atoms with van der Waals surface area (Å²) in [7, 11) is 0. The van der Waals surface area contributed by atoms with E-state index in [1.165, 1.54) is 10.1 Å². The number of alkyl halides is 6. The minimum absolute atomic E-state index is 0.0113. The molecule has 2 aromatic heterocycles. The van der Waals surface area contributed by atoms with Gasteiger partial charge in [-0.2, -0.15) is 31.0 Å². The van der Waals surface area contributed by atoms with Gasteiger partial charge in [0.15, 0.2) is 4.34 Å². The molecule has 4 rings (SSSR count). The number of para-hydroxylation sites is 1. The van der Waals surface area contributed by atoms with Crippen molar-refractivity contribution in [3.05, 3.63) is 65.0 Å². The molecule has 0 aliphatic rings. The topological polar surface area (TPSA) is 56.5 Å². The molecule has 0 atom stereocenters. The molecule has 4 aromatic rings. The number of nitrogens with zero attached hydrogens (tertiary/aromatic N) is 5. The Morgan fingerprint density at radius 1 is 0.871 bits per heavy atom. The summed E-state index contributed by atoms with van der Waals surface area (Å²) in [5.41, 5.74) is -2.41. The molecule has 13 heteroatoms. The lowest BCUT2D eigenvalue weighted by molar-refractivity contribution is -0.143. The van der Waals surface area contributed by atoms with Crippen molar-refractivity contribution < 1.29 is 26.3 Å². The van der Waals surface area contributed by atoms with Crippen molar-refractivity contribution >= 4 is 23.1 Å². The monoisotopic (exact) mass is 473 g/mol. The molecule has 0 saturated heterocycles. The number of rotatable bonds is 4. The number of tetrazole rings is 1. The number of thiazole rings is 1. The van der Waals surface area contributed by atoms with Crippen LogP contribution in [-0.2, 0) is 12.4 Å². The molecule has 0 aliphatic carbocycles. The fourth-order valence-corrected chi connectivity index (χ4v) is 4.31. The molecular weight excluding hydrogens is 464 g/mol. The molecule has 0 saturated carbocycles.